The van der Waals surface area contributed by atoms with Crippen LogP contribution in [0.1, 0.15) is 48.3 Å². The van der Waals surface area contributed by atoms with Crippen LogP contribution in [-0.2, 0) is 6.18 Å². The summed E-state index contributed by atoms with van der Waals surface area (Å²) in [6.45, 7) is 4.12. The van der Waals surface area contributed by atoms with Crippen LogP contribution in [0.15, 0.2) is 42.6 Å². The van der Waals surface area contributed by atoms with Crippen LogP contribution >= 0.6 is 0 Å². The number of hydrogen-bond acceptors (Lipinski definition) is 2. The zero-order chi connectivity index (χ0) is 15.6. The van der Waals surface area contributed by atoms with E-state index in [9.17, 15) is 18.3 Å². The molecule has 0 saturated carbocycles. The van der Waals surface area contributed by atoms with Crippen LogP contribution in [0.4, 0.5) is 13.2 Å². The first-order valence-corrected chi connectivity index (χ1v) is 6.60. The van der Waals surface area contributed by atoms with Gasteiger partial charge in [-0.3, -0.25) is 4.98 Å². The second-order valence-corrected chi connectivity index (χ2v) is 5.19. The number of aliphatic hydroxyl groups is 1. The summed E-state index contributed by atoms with van der Waals surface area (Å²) in [5, 5.41) is 10.2. The van der Waals surface area contributed by atoms with E-state index >= 15 is 0 Å². The third-order valence-electron chi connectivity index (χ3n) is 3.31. The van der Waals surface area contributed by atoms with Crippen LogP contribution in [0, 0.1) is 0 Å². The molecular formula is C16H16F3NO. The minimum Gasteiger partial charge on any atom is -0.382 e. The van der Waals surface area contributed by atoms with Gasteiger partial charge in [0.15, 0.2) is 0 Å². The molecule has 0 aliphatic carbocycles. The van der Waals surface area contributed by atoms with Gasteiger partial charge in [0.25, 0.3) is 0 Å². The van der Waals surface area contributed by atoms with Gasteiger partial charge in [-0.2, -0.15) is 13.2 Å². The van der Waals surface area contributed by atoms with Gasteiger partial charge < -0.3 is 5.11 Å². The van der Waals surface area contributed by atoms with Crippen LogP contribution in [0.25, 0.3) is 0 Å². The highest BCUT2D eigenvalue weighted by atomic mass is 19.4. The highest BCUT2D eigenvalue weighted by Gasteiger charge is 2.31. The Balaban J connectivity index is 2.21. The van der Waals surface area contributed by atoms with E-state index in [1.54, 1.807) is 12.1 Å². The SMILES string of the molecule is CC(C)c1ccc(C(O)c2ccc(C(F)(F)F)cn2)cc1. The number of pyridine rings is 1. The van der Waals surface area contributed by atoms with Gasteiger partial charge in [0.05, 0.1) is 11.3 Å². The summed E-state index contributed by atoms with van der Waals surface area (Å²) in [5.41, 5.74) is 1.10. The molecule has 0 aliphatic heterocycles. The van der Waals surface area contributed by atoms with E-state index in [2.05, 4.69) is 18.8 Å². The van der Waals surface area contributed by atoms with E-state index in [1.165, 1.54) is 6.07 Å². The van der Waals surface area contributed by atoms with Crippen molar-refractivity contribution >= 4 is 0 Å². The van der Waals surface area contributed by atoms with Crippen molar-refractivity contribution < 1.29 is 18.3 Å². The topological polar surface area (TPSA) is 33.1 Å². The van der Waals surface area contributed by atoms with Crippen molar-refractivity contribution in [3.05, 3.63) is 65.0 Å². The molecule has 0 amide bonds. The van der Waals surface area contributed by atoms with Crippen molar-refractivity contribution in [2.75, 3.05) is 0 Å². The predicted octanol–water partition coefficient (Wildman–Crippen LogP) is 4.31. The Kier molecular flexibility index (Phi) is 4.32. The number of alkyl halides is 3. The van der Waals surface area contributed by atoms with Crippen molar-refractivity contribution in [2.45, 2.75) is 32.0 Å². The molecular weight excluding hydrogens is 279 g/mol. The molecule has 21 heavy (non-hydrogen) atoms. The first-order chi connectivity index (χ1) is 9.79. The second kappa shape index (κ2) is 5.85. The van der Waals surface area contributed by atoms with Crippen molar-refractivity contribution in [1.29, 1.82) is 0 Å². The largest absolute Gasteiger partial charge is 0.417 e. The molecule has 1 heterocycles. The number of benzene rings is 1. The number of hydrogen-bond donors (Lipinski definition) is 1. The van der Waals surface area contributed by atoms with Crippen LogP contribution in [0.5, 0.6) is 0 Å². The second-order valence-electron chi connectivity index (χ2n) is 5.19. The lowest BCUT2D eigenvalue weighted by atomic mass is 9.99. The average Bonchev–Trinajstić information content (AvgIpc) is 2.46. The summed E-state index contributed by atoms with van der Waals surface area (Å²) in [7, 11) is 0. The number of nitrogens with zero attached hydrogens (tertiary/aromatic N) is 1. The summed E-state index contributed by atoms with van der Waals surface area (Å²) in [5.74, 6) is 0.375. The maximum absolute atomic E-state index is 12.5. The zero-order valence-electron chi connectivity index (χ0n) is 11.7. The van der Waals surface area contributed by atoms with E-state index in [0.29, 0.717) is 11.5 Å². The van der Waals surface area contributed by atoms with Gasteiger partial charge in [-0.15, -0.1) is 0 Å². The Morgan fingerprint density at radius 2 is 1.52 bits per heavy atom. The summed E-state index contributed by atoms with van der Waals surface area (Å²) < 4.78 is 37.4. The van der Waals surface area contributed by atoms with Crippen LogP contribution < -0.4 is 0 Å². The van der Waals surface area contributed by atoms with E-state index < -0.39 is 17.8 Å². The molecule has 0 spiro atoms. The van der Waals surface area contributed by atoms with Gasteiger partial charge in [0, 0.05) is 6.20 Å². The van der Waals surface area contributed by atoms with Crippen molar-refractivity contribution in [1.82, 2.24) is 4.98 Å². The summed E-state index contributed by atoms with van der Waals surface area (Å²) in [6, 6.07) is 9.44. The fourth-order valence-electron chi connectivity index (χ4n) is 1.97. The highest BCUT2D eigenvalue weighted by molar-refractivity contribution is 5.31. The Hall–Kier alpha value is -1.88. The lowest BCUT2D eigenvalue weighted by molar-refractivity contribution is -0.137. The molecule has 0 bridgehead atoms. The van der Waals surface area contributed by atoms with Gasteiger partial charge in [-0.25, -0.2) is 0 Å². The molecule has 1 aromatic carbocycles. The molecule has 0 radical (unpaired) electrons. The summed E-state index contributed by atoms with van der Waals surface area (Å²) >= 11 is 0. The molecule has 2 rings (SSSR count). The smallest absolute Gasteiger partial charge is 0.382 e. The van der Waals surface area contributed by atoms with Crippen LogP contribution in [-0.4, -0.2) is 10.1 Å². The fourth-order valence-corrected chi connectivity index (χ4v) is 1.97. The standard InChI is InChI=1S/C16H16F3NO/c1-10(2)11-3-5-12(6-4-11)15(21)14-8-7-13(9-20-14)16(17,18)19/h3-10,15,21H,1-2H3. The van der Waals surface area contributed by atoms with Gasteiger partial charge >= 0.3 is 6.18 Å². The Morgan fingerprint density at radius 1 is 0.952 bits per heavy atom. The number of aromatic nitrogens is 1. The average molecular weight is 295 g/mol. The van der Waals surface area contributed by atoms with Crippen molar-refractivity contribution in [2.24, 2.45) is 0 Å². The van der Waals surface area contributed by atoms with Gasteiger partial charge in [-0.05, 0) is 29.2 Å². The first-order valence-electron chi connectivity index (χ1n) is 6.60. The minimum absolute atomic E-state index is 0.195. The quantitative estimate of drug-likeness (QED) is 0.915. The third-order valence-corrected chi connectivity index (χ3v) is 3.31. The first kappa shape index (κ1) is 15.5. The predicted molar refractivity (Wildman–Crippen MR) is 73.8 cm³/mol. The van der Waals surface area contributed by atoms with Crippen molar-refractivity contribution in [3.8, 4) is 0 Å². The van der Waals surface area contributed by atoms with Gasteiger partial charge in [-0.1, -0.05) is 38.1 Å². The molecule has 1 atom stereocenters. The van der Waals surface area contributed by atoms with Crippen molar-refractivity contribution in [3.63, 3.8) is 0 Å². The van der Waals surface area contributed by atoms with E-state index in [1.807, 2.05) is 12.1 Å². The molecule has 1 N–H and O–H groups in total. The van der Waals surface area contributed by atoms with E-state index in [-0.39, 0.29) is 5.69 Å². The van der Waals surface area contributed by atoms with Crippen LogP contribution in [0.2, 0.25) is 0 Å². The number of rotatable bonds is 3. The summed E-state index contributed by atoms with van der Waals surface area (Å²) in [4.78, 5) is 3.71. The molecule has 0 aliphatic rings. The maximum atomic E-state index is 12.5. The molecule has 0 fully saturated rings. The molecule has 2 aromatic rings. The molecule has 1 unspecified atom stereocenters. The lowest BCUT2D eigenvalue weighted by Crippen LogP contribution is -2.08. The Labute approximate surface area is 121 Å². The van der Waals surface area contributed by atoms with Gasteiger partial charge in [0.2, 0.25) is 0 Å². The molecule has 2 nitrogen and oxygen atoms in total. The Bertz CT molecular complexity index is 588. The monoisotopic (exact) mass is 295 g/mol. The molecule has 112 valence electrons. The number of aliphatic hydroxyl groups excluding tert-OH is 1. The van der Waals surface area contributed by atoms with E-state index in [0.717, 1.165) is 17.8 Å². The lowest BCUT2D eigenvalue weighted by Gasteiger charge is -2.13. The number of halogens is 3. The summed E-state index contributed by atoms with van der Waals surface area (Å²) in [6.07, 6.45) is -4.72. The fraction of sp³-hybridized carbons (Fsp3) is 0.312. The maximum Gasteiger partial charge on any atom is 0.417 e. The minimum atomic E-state index is -4.42. The molecule has 0 saturated heterocycles. The zero-order valence-corrected chi connectivity index (χ0v) is 11.7. The van der Waals surface area contributed by atoms with E-state index in [4.69, 9.17) is 0 Å². The Morgan fingerprint density at radius 3 is 1.95 bits per heavy atom. The molecule has 1 aromatic heterocycles. The third kappa shape index (κ3) is 3.61. The van der Waals surface area contributed by atoms with Crippen LogP contribution in [0.3, 0.4) is 0 Å². The normalized spacial score (nSPS) is 13.5. The highest BCUT2D eigenvalue weighted by Crippen LogP contribution is 2.30. The molecule has 5 heteroatoms. The van der Waals surface area contributed by atoms with Gasteiger partial charge in [0.1, 0.15) is 6.10 Å².